The van der Waals surface area contributed by atoms with E-state index in [1.165, 1.54) is 28.9 Å². The summed E-state index contributed by atoms with van der Waals surface area (Å²) in [6.07, 6.45) is -0.588. The van der Waals surface area contributed by atoms with Crippen LogP contribution < -0.4 is 15.0 Å². The molecule has 0 atom stereocenters. The number of alkyl halides is 3. The summed E-state index contributed by atoms with van der Waals surface area (Å²) in [6, 6.07) is 9.03. The van der Waals surface area contributed by atoms with Crippen molar-refractivity contribution in [2.75, 3.05) is 37.0 Å². The maximum Gasteiger partial charge on any atom is 0.490 e. The number of rotatable bonds is 3. The number of anilines is 2. The molecule has 3 aromatic rings. The van der Waals surface area contributed by atoms with Gasteiger partial charge in [0.1, 0.15) is 6.33 Å². The van der Waals surface area contributed by atoms with E-state index in [9.17, 15) is 18.0 Å². The second kappa shape index (κ2) is 10.5. The molecule has 0 radical (unpaired) electrons. The highest BCUT2D eigenvalue weighted by atomic mass is 32.1. The van der Waals surface area contributed by atoms with E-state index in [0.717, 1.165) is 38.9 Å². The third kappa shape index (κ3) is 5.58. The first-order chi connectivity index (χ1) is 17.2. The van der Waals surface area contributed by atoms with E-state index in [4.69, 9.17) is 14.6 Å². The Kier molecular flexibility index (Phi) is 7.43. The Morgan fingerprint density at radius 3 is 2.53 bits per heavy atom. The first kappa shape index (κ1) is 25.4. The van der Waals surface area contributed by atoms with Crippen LogP contribution in [0.4, 0.5) is 28.8 Å². The molecule has 1 fully saturated rings. The van der Waals surface area contributed by atoms with Gasteiger partial charge in [0.2, 0.25) is 5.88 Å². The molecule has 1 saturated heterocycles. The molecule has 2 aromatic heterocycles. The summed E-state index contributed by atoms with van der Waals surface area (Å²) in [5.41, 5.74) is 3.36. The van der Waals surface area contributed by atoms with Crippen LogP contribution in [0.1, 0.15) is 18.4 Å². The quantitative estimate of drug-likeness (QED) is 0.531. The normalized spacial score (nSPS) is 15.8. The van der Waals surface area contributed by atoms with Gasteiger partial charge in [-0.25, -0.2) is 19.6 Å². The van der Waals surface area contributed by atoms with Crippen molar-refractivity contribution in [2.45, 2.75) is 31.5 Å². The predicted molar refractivity (Wildman–Crippen MR) is 127 cm³/mol. The molecule has 1 aromatic carbocycles. The fourth-order valence-corrected chi connectivity index (χ4v) is 5.02. The highest BCUT2D eigenvalue weighted by Crippen LogP contribution is 2.33. The van der Waals surface area contributed by atoms with E-state index in [2.05, 4.69) is 49.4 Å². The van der Waals surface area contributed by atoms with Gasteiger partial charge in [0.25, 0.3) is 0 Å². The largest absolute Gasteiger partial charge is 0.490 e. The molecule has 2 aliphatic rings. The van der Waals surface area contributed by atoms with Gasteiger partial charge < -0.3 is 19.6 Å². The van der Waals surface area contributed by atoms with Crippen molar-refractivity contribution >= 4 is 44.5 Å². The Hall–Kier alpha value is -3.68. The lowest BCUT2D eigenvalue weighted by Gasteiger charge is -2.37. The number of fused-ring (bicyclic) bond motifs is 2. The standard InChI is InChI=1S/C20H22N6O2S.C2HF3O2/c1-28-17-16-18(22-12-21-17)29-19(23-16)24-20(27)25-9-7-14(8-10-25)26-11-6-13-4-2-3-5-15(13)26;3-2(4,5)1(6)7/h2-5,12,14H,6-11H2,1H3,(H,23,24,27);(H,6,7). The van der Waals surface area contributed by atoms with Crippen molar-refractivity contribution < 1.29 is 32.6 Å². The number of amides is 2. The van der Waals surface area contributed by atoms with Crippen LogP contribution in [0, 0.1) is 0 Å². The van der Waals surface area contributed by atoms with Gasteiger partial charge in [-0.3, -0.25) is 5.32 Å². The second-order valence-corrected chi connectivity index (χ2v) is 9.06. The number of piperidine rings is 1. The van der Waals surface area contributed by atoms with E-state index < -0.39 is 12.1 Å². The van der Waals surface area contributed by atoms with Gasteiger partial charge in [-0.15, -0.1) is 0 Å². The molecule has 0 unspecified atom stereocenters. The molecule has 0 bridgehead atoms. The van der Waals surface area contributed by atoms with Crippen LogP contribution in [0.25, 0.3) is 10.3 Å². The average molecular weight is 525 g/mol. The highest BCUT2D eigenvalue weighted by Gasteiger charge is 2.38. The minimum atomic E-state index is -5.08. The van der Waals surface area contributed by atoms with Gasteiger partial charge in [0, 0.05) is 31.4 Å². The molecule has 0 aliphatic carbocycles. The van der Waals surface area contributed by atoms with Crippen molar-refractivity contribution in [3.8, 4) is 5.88 Å². The van der Waals surface area contributed by atoms with Crippen LogP contribution in [-0.2, 0) is 11.2 Å². The predicted octanol–water partition coefficient (Wildman–Crippen LogP) is 3.79. The molecule has 2 amide bonds. The first-order valence-corrected chi connectivity index (χ1v) is 11.8. The summed E-state index contributed by atoms with van der Waals surface area (Å²) >= 11 is 1.32. The second-order valence-electron chi connectivity index (χ2n) is 8.08. The Morgan fingerprint density at radius 2 is 1.86 bits per heavy atom. The summed E-state index contributed by atoms with van der Waals surface area (Å²) in [7, 11) is 1.54. The number of aromatic nitrogens is 3. The molecule has 2 aliphatic heterocycles. The summed E-state index contributed by atoms with van der Waals surface area (Å²) in [4.78, 5) is 39.4. The van der Waals surface area contributed by atoms with Crippen LogP contribution in [0.15, 0.2) is 30.6 Å². The molecule has 0 saturated carbocycles. The molecular formula is C22H23F3N6O4S. The van der Waals surface area contributed by atoms with Crippen molar-refractivity contribution in [2.24, 2.45) is 0 Å². The molecule has 36 heavy (non-hydrogen) atoms. The number of nitrogens with zero attached hydrogens (tertiary/aromatic N) is 5. The zero-order valence-electron chi connectivity index (χ0n) is 19.2. The van der Waals surface area contributed by atoms with E-state index in [1.807, 2.05) is 4.90 Å². The maximum atomic E-state index is 12.7. The average Bonchev–Trinajstić information content (AvgIpc) is 3.47. The Morgan fingerprint density at radius 1 is 1.17 bits per heavy atom. The number of hydrogen-bond donors (Lipinski definition) is 2. The maximum absolute atomic E-state index is 12.7. The topological polar surface area (TPSA) is 121 Å². The lowest BCUT2D eigenvalue weighted by molar-refractivity contribution is -0.192. The number of para-hydroxylation sites is 1. The summed E-state index contributed by atoms with van der Waals surface area (Å²) in [5, 5.41) is 10.5. The molecule has 5 rings (SSSR count). The third-order valence-electron chi connectivity index (χ3n) is 5.93. The molecule has 14 heteroatoms. The molecule has 10 nitrogen and oxygen atoms in total. The van der Waals surface area contributed by atoms with Gasteiger partial charge in [-0.05, 0) is 30.9 Å². The lowest BCUT2D eigenvalue weighted by Crippen LogP contribution is -2.47. The Balaban J connectivity index is 0.000000384. The molecule has 4 heterocycles. The van der Waals surface area contributed by atoms with Crippen LogP contribution in [0.5, 0.6) is 5.88 Å². The minimum Gasteiger partial charge on any atom is -0.479 e. The lowest BCUT2D eigenvalue weighted by atomic mass is 10.0. The summed E-state index contributed by atoms with van der Waals surface area (Å²) < 4.78 is 36.9. The number of methoxy groups -OCH3 is 1. The number of thiazole rings is 1. The Labute approximate surface area is 207 Å². The molecule has 192 valence electrons. The van der Waals surface area contributed by atoms with Crippen molar-refractivity contribution in [3.63, 3.8) is 0 Å². The number of nitrogens with one attached hydrogen (secondary N) is 1. The number of aliphatic carboxylic acids is 1. The van der Waals surface area contributed by atoms with E-state index in [1.54, 1.807) is 7.11 Å². The number of urea groups is 1. The fourth-order valence-electron chi connectivity index (χ4n) is 4.23. The monoisotopic (exact) mass is 524 g/mol. The molecule has 0 spiro atoms. The van der Waals surface area contributed by atoms with Crippen molar-refractivity contribution in [3.05, 3.63) is 36.2 Å². The number of carboxylic acid groups (broad SMARTS) is 1. The summed E-state index contributed by atoms with van der Waals surface area (Å²) in [5.74, 6) is -2.34. The fraction of sp³-hybridized carbons (Fsp3) is 0.409. The smallest absolute Gasteiger partial charge is 0.479 e. The molecular weight excluding hydrogens is 501 g/mol. The number of ether oxygens (including phenoxy) is 1. The number of carboxylic acids is 1. The Bertz CT molecular complexity index is 1250. The van der Waals surface area contributed by atoms with E-state index in [-0.39, 0.29) is 6.03 Å². The number of carbonyl (C=O) groups is 2. The van der Waals surface area contributed by atoms with E-state index >= 15 is 0 Å². The highest BCUT2D eigenvalue weighted by molar-refractivity contribution is 7.22. The van der Waals surface area contributed by atoms with Gasteiger partial charge in [-0.2, -0.15) is 18.2 Å². The van der Waals surface area contributed by atoms with Gasteiger partial charge in [0.15, 0.2) is 15.5 Å². The zero-order chi connectivity index (χ0) is 25.9. The number of carbonyl (C=O) groups excluding carboxylic acids is 1. The number of benzene rings is 1. The third-order valence-corrected chi connectivity index (χ3v) is 6.81. The zero-order valence-corrected chi connectivity index (χ0v) is 20.0. The van der Waals surface area contributed by atoms with Crippen molar-refractivity contribution in [1.82, 2.24) is 19.9 Å². The number of halogens is 3. The van der Waals surface area contributed by atoms with Crippen molar-refractivity contribution in [1.29, 1.82) is 0 Å². The van der Waals surface area contributed by atoms with Crippen LogP contribution in [0.2, 0.25) is 0 Å². The van der Waals surface area contributed by atoms with Gasteiger partial charge >= 0.3 is 18.2 Å². The van der Waals surface area contributed by atoms with Crippen LogP contribution >= 0.6 is 11.3 Å². The molecule has 2 N–H and O–H groups in total. The first-order valence-electron chi connectivity index (χ1n) is 11.0. The van der Waals surface area contributed by atoms with Crippen LogP contribution in [-0.4, -0.2) is 75.9 Å². The number of hydrogen-bond acceptors (Lipinski definition) is 8. The van der Waals surface area contributed by atoms with E-state index in [0.29, 0.717) is 27.4 Å². The summed E-state index contributed by atoms with van der Waals surface area (Å²) in [6.45, 7) is 2.55. The van der Waals surface area contributed by atoms with Gasteiger partial charge in [-0.1, -0.05) is 29.5 Å². The number of likely N-dealkylation sites (tertiary alicyclic amines) is 1. The minimum absolute atomic E-state index is 0.115. The van der Waals surface area contributed by atoms with Crippen LogP contribution in [0.3, 0.4) is 0 Å². The SMILES string of the molecule is COc1ncnc2sc(NC(=O)N3CCC(N4CCc5ccccc54)CC3)nc12.O=C(O)C(F)(F)F. The van der Waals surface area contributed by atoms with Gasteiger partial charge in [0.05, 0.1) is 7.11 Å².